The van der Waals surface area contributed by atoms with Crippen molar-refractivity contribution >= 4 is 10.0 Å². The molecule has 0 bridgehead atoms. The standard InChI is InChI=1S/C19H19N3O4S/c23-27(24,22-12-4-5-13-22)17-10-8-15(9-11-17)19-20-18(26-21-19)14-25-16-6-2-1-3-7-16/h1-3,6-11H,4-5,12-14H2. The van der Waals surface area contributed by atoms with E-state index < -0.39 is 10.0 Å². The second-order valence-electron chi connectivity index (χ2n) is 6.25. The molecule has 0 atom stereocenters. The largest absolute Gasteiger partial charge is 0.484 e. The maximum Gasteiger partial charge on any atom is 0.264 e. The van der Waals surface area contributed by atoms with E-state index in [0.717, 1.165) is 12.8 Å². The van der Waals surface area contributed by atoms with Crippen LogP contribution in [0.1, 0.15) is 18.7 Å². The third-order valence-corrected chi connectivity index (χ3v) is 6.30. The lowest BCUT2D eigenvalue weighted by Gasteiger charge is -2.15. The van der Waals surface area contributed by atoms with Gasteiger partial charge in [0.05, 0.1) is 4.90 Å². The van der Waals surface area contributed by atoms with Gasteiger partial charge in [-0.05, 0) is 49.2 Å². The fraction of sp³-hybridized carbons (Fsp3) is 0.263. The average molecular weight is 385 g/mol. The maximum absolute atomic E-state index is 12.6. The molecule has 0 saturated carbocycles. The van der Waals surface area contributed by atoms with Crippen molar-refractivity contribution in [2.45, 2.75) is 24.3 Å². The zero-order chi connectivity index (χ0) is 18.7. The highest BCUT2D eigenvalue weighted by Crippen LogP contribution is 2.24. The normalized spacial score (nSPS) is 15.1. The summed E-state index contributed by atoms with van der Waals surface area (Å²) in [5, 5.41) is 3.94. The zero-order valence-electron chi connectivity index (χ0n) is 14.6. The minimum Gasteiger partial charge on any atom is -0.484 e. The van der Waals surface area contributed by atoms with Gasteiger partial charge in [-0.1, -0.05) is 23.4 Å². The van der Waals surface area contributed by atoms with E-state index in [1.165, 1.54) is 4.31 Å². The van der Waals surface area contributed by atoms with Gasteiger partial charge in [-0.3, -0.25) is 0 Å². The van der Waals surface area contributed by atoms with Crippen molar-refractivity contribution < 1.29 is 17.7 Å². The van der Waals surface area contributed by atoms with Crippen LogP contribution in [0.25, 0.3) is 11.4 Å². The van der Waals surface area contributed by atoms with Gasteiger partial charge in [0.15, 0.2) is 6.61 Å². The molecule has 7 nitrogen and oxygen atoms in total. The molecule has 2 aromatic carbocycles. The van der Waals surface area contributed by atoms with Crippen molar-refractivity contribution in [3.05, 3.63) is 60.5 Å². The van der Waals surface area contributed by atoms with Crippen molar-refractivity contribution in [2.24, 2.45) is 0 Å². The van der Waals surface area contributed by atoms with Gasteiger partial charge in [-0.15, -0.1) is 0 Å². The lowest BCUT2D eigenvalue weighted by Crippen LogP contribution is -2.27. The molecule has 1 aliphatic heterocycles. The summed E-state index contributed by atoms with van der Waals surface area (Å²) in [5.74, 6) is 1.46. The van der Waals surface area contributed by atoms with E-state index >= 15 is 0 Å². The van der Waals surface area contributed by atoms with Crippen molar-refractivity contribution in [3.63, 3.8) is 0 Å². The van der Waals surface area contributed by atoms with E-state index in [2.05, 4.69) is 10.1 Å². The molecule has 2 heterocycles. The molecule has 0 amide bonds. The molecule has 140 valence electrons. The summed E-state index contributed by atoms with van der Waals surface area (Å²) in [6.07, 6.45) is 1.82. The van der Waals surface area contributed by atoms with Crippen molar-refractivity contribution in [3.8, 4) is 17.1 Å². The molecule has 1 fully saturated rings. The Kier molecular flexibility index (Phi) is 4.91. The average Bonchev–Trinajstić information content (AvgIpc) is 3.40. The van der Waals surface area contributed by atoms with Crippen LogP contribution in [0.3, 0.4) is 0 Å². The Balaban J connectivity index is 1.45. The summed E-state index contributed by atoms with van der Waals surface area (Å²) in [5.41, 5.74) is 0.685. The molecule has 1 aliphatic rings. The number of ether oxygens (including phenoxy) is 1. The van der Waals surface area contributed by atoms with Crippen molar-refractivity contribution in [1.82, 2.24) is 14.4 Å². The van der Waals surface area contributed by atoms with Crippen LogP contribution in [-0.4, -0.2) is 36.0 Å². The van der Waals surface area contributed by atoms with Gasteiger partial charge in [-0.25, -0.2) is 8.42 Å². The third kappa shape index (κ3) is 3.86. The van der Waals surface area contributed by atoms with Crippen LogP contribution in [0.4, 0.5) is 0 Å². The molecule has 0 unspecified atom stereocenters. The lowest BCUT2D eigenvalue weighted by atomic mass is 10.2. The number of rotatable bonds is 6. The molecule has 0 N–H and O–H groups in total. The summed E-state index contributed by atoms with van der Waals surface area (Å²) >= 11 is 0. The Morgan fingerprint density at radius 3 is 2.41 bits per heavy atom. The van der Waals surface area contributed by atoms with E-state index in [-0.39, 0.29) is 11.5 Å². The van der Waals surface area contributed by atoms with Gasteiger partial charge in [-0.2, -0.15) is 9.29 Å². The topological polar surface area (TPSA) is 85.5 Å². The fourth-order valence-corrected chi connectivity index (χ4v) is 4.46. The summed E-state index contributed by atoms with van der Waals surface area (Å²) in [7, 11) is -3.42. The Morgan fingerprint density at radius 1 is 1.00 bits per heavy atom. The number of nitrogens with zero attached hydrogens (tertiary/aromatic N) is 3. The van der Waals surface area contributed by atoms with E-state index in [0.29, 0.717) is 36.1 Å². The van der Waals surface area contributed by atoms with E-state index in [4.69, 9.17) is 9.26 Å². The SMILES string of the molecule is O=S(=O)(c1ccc(-c2noc(COc3ccccc3)n2)cc1)N1CCCC1. The highest BCUT2D eigenvalue weighted by molar-refractivity contribution is 7.89. The predicted molar refractivity (Wildman–Crippen MR) is 98.5 cm³/mol. The second kappa shape index (κ2) is 7.50. The van der Waals surface area contributed by atoms with Gasteiger partial charge in [0.2, 0.25) is 15.8 Å². The van der Waals surface area contributed by atoms with Crippen LogP contribution in [-0.2, 0) is 16.6 Å². The van der Waals surface area contributed by atoms with Crippen LogP contribution in [0, 0.1) is 0 Å². The Morgan fingerprint density at radius 2 is 1.70 bits per heavy atom. The number of para-hydroxylation sites is 1. The molecule has 1 saturated heterocycles. The highest BCUT2D eigenvalue weighted by atomic mass is 32.2. The number of benzene rings is 2. The lowest BCUT2D eigenvalue weighted by molar-refractivity contribution is 0.243. The minimum absolute atomic E-state index is 0.165. The van der Waals surface area contributed by atoms with Crippen LogP contribution < -0.4 is 4.74 Å². The van der Waals surface area contributed by atoms with Crippen LogP contribution in [0.15, 0.2) is 64.0 Å². The Labute approximate surface area is 157 Å². The second-order valence-corrected chi connectivity index (χ2v) is 8.19. The molecule has 0 spiro atoms. The first kappa shape index (κ1) is 17.7. The number of sulfonamides is 1. The molecule has 0 aliphatic carbocycles. The molecule has 0 radical (unpaired) electrons. The predicted octanol–water partition coefficient (Wildman–Crippen LogP) is 3.10. The van der Waals surface area contributed by atoms with E-state index in [1.807, 2.05) is 30.3 Å². The Bertz CT molecular complexity index is 995. The van der Waals surface area contributed by atoms with E-state index in [9.17, 15) is 8.42 Å². The maximum atomic E-state index is 12.6. The molecular formula is C19H19N3O4S. The molecule has 1 aromatic heterocycles. The van der Waals surface area contributed by atoms with Crippen LogP contribution in [0.2, 0.25) is 0 Å². The highest BCUT2D eigenvalue weighted by Gasteiger charge is 2.27. The smallest absolute Gasteiger partial charge is 0.264 e. The number of hydrogen-bond donors (Lipinski definition) is 0. The third-order valence-electron chi connectivity index (χ3n) is 4.39. The van der Waals surface area contributed by atoms with Gasteiger partial charge in [0.1, 0.15) is 5.75 Å². The monoisotopic (exact) mass is 385 g/mol. The first-order chi connectivity index (χ1) is 13.1. The van der Waals surface area contributed by atoms with Gasteiger partial charge < -0.3 is 9.26 Å². The van der Waals surface area contributed by atoms with Gasteiger partial charge in [0.25, 0.3) is 5.89 Å². The first-order valence-electron chi connectivity index (χ1n) is 8.74. The van der Waals surface area contributed by atoms with Gasteiger partial charge in [0, 0.05) is 18.7 Å². The Hall–Kier alpha value is -2.71. The molecular weight excluding hydrogens is 366 g/mol. The summed E-state index contributed by atoms with van der Waals surface area (Å²) in [6.45, 7) is 1.33. The quantitative estimate of drug-likeness (QED) is 0.648. The number of aromatic nitrogens is 2. The van der Waals surface area contributed by atoms with E-state index in [1.54, 1.807) is 24.3 Å². The molecule has 4 rings (SSSR count). The molecule has 8 heteroatoms. The van der Waals surface area contributed by atoms with Gasteiger partial charge >= 0.3 is 0 Å². The van der Waals surface area contributed by atoms with Crippen molar-refractivity contribution in [1.29, 1.82) is 0 Å². The fourth-order valence-electron chi connectivity index (χ4n) is 2.95. The minimum atomic E-state index is -3.42. The number of hydrogen-bond acceptors (Lipinski definition) is 6. The summed E-state index contributed by atoms with van der Waals surface area (Å²) in [6, 6.07) is 15.9. The summed E-state index contributed by atoms with van der Waals surface area (Å²) in [4.78, 5) is 4.58. The zero-order valence-corrected chi connectivity index (χ0v) is 15.4. The van der Waals surface area contributed by atoms with Crippen molar-refractivity contribution in [2.75, 3.05) is 13.1 Å². The summed E-state index contributed by atoms with van der Waals surface area (Å²) < 4.78 is 37.4. The van der Waals surface area contributed by atoms with Crippen LogP contribution >= 0.6 is 0 Å². The first-order valence-corrected chi connectivity index (χ1v) is 10.2. The van der Waals surface area contributed by atoms with Crippen LogP contribution in [0.5, 0.6) is 5.75 Å². The molecule has 3 aromatic rings. The molecule has 27 heavy (non-hydrogen) atoms.